The SMILES string of the molecule is CC/C=C\C/C=C\C/C=C\CCCCCCCC(=O)OCC(COC(=O)CCCCCCCCCCCCCCC/C=C\CCCCCCCCCC)OC(=O)CCCCCCCCC/C=C\CCCCCCCCC. The van der Waals surface area contributed by atoms with Crippen LogP contribution in [0.15, 0.2) is 60.8 Å². The molecule has 442 valence electrons. The third-order valence-electron chi connectivity index (χ3n) is 14.7. The van der Waals surface area contributed by atoms with E-state index in [1.54, 1.807) is 0 Å². The van der Waals surface area contributed by atoms with Gasteiger partial charge in [0.2, 0.25) is 0 Å². The standard InChI is InChI=1S/C70H126O6/c1-4-7-10-13-16-19-22-25-28-30-32-33-34-35-36-37-38-40-42-45-48-51-54-57-60-63-69(72)75-66-67(65-74-68(71)62-59-56-53-50-47-44-41-27-24-21-18-15-12-9-6-3)76-70(73)64-61-58-55-52-49-46-43-39-31-29-26-23-20-17-14-11-8-5-2/h9,12,18,21,27,29-32,41,67H,4-8,10-11,13-17,19-20,22-26,28,33-40,42-66H2,1-3H3/b12-9-,21-18-,31-29-,32-30-,41-27-. The van der Waals surface area contributed by atoms with Gasteiger partial charge < -0.3 is 14.2 Å². The summed E-state index contributed by atoms with van der Waals surface area (Å²) in [6, 6.07) is 0. The average molecular weight is 1060 g/mol. The highest BCUT2D eigenvalue weighted by molar-refractivity contribution is 5.71. The molecule has 0 N–H and O–H groups in total. The molecule has 0 aromatic rings. The highest BCUT2D eigenvalue weighted by Gasteiger charge is 2.19. The van der Waals surface area contributed by atoms with Crippen molar-refractivity contribution in [2.75, 3.05) is 13.2 Å². The largest absolute Gasteiger partial charge is 0.462 e. The summed E-state index contributed by atoms with van der Waals surface area (Å²) < 4.78 is 16.9. The highest BCUT2D eigenvalue weighted by atomic mass is 16.6. The first-order chi connectivity index (χ1) is 37.5. The molecule has 6 heteroatoms. The van der Waals surface area contributed by atoms with Gasteiger partial charge in [0, 0.05) is 19.3 Å². The van der Waals surface area contributed by atoms with Gasteiger partial charge in [-0.3, -0.25) is 14.4 Å². The molecule has 6 nitrogen and oxygen atoms in total. The highest BCUT2D eigenvalue weighted by Crippen LogP contribution is 2.17. The number of ether oxygens (including phenoxy) is 3. The molecule has 0 fully saturated rings. The molecule has 0 aromatic heterocycles. The maximum atomic E-state index is 12.9. The summed E-state index contributed by atoms with van der Waals surface area (Å²) in [4.78, 5) is 38.3. The minimum atomic E-state index is -0.784. The van der Waals surface area contributed by atoms with E-state index in [9.17, 15) is 14.4 Å². The summed E-state index contributed by atoms with van der Waals surface area (Å²) >= 11 is 0. The van der Waals surface area contributed by atoms with Crippen molar-refractivity contribution in [1.29, 1.82) is 0 Å². The smallest absolute Gasteiger partial charge is 0.306 e. The normalized spacial score (nSPS) is 12.4. The van der Waals surface area contributed by atoms with E-state index in [0.717, 1.165) is 96.3 Å². The van der Waals surface area contributed by atoms with Crippen LogP contribution in [0.25, 0.3) is 0 Å². The number of rotatable bonds is 61. The van der Waals surface area contributed by atoms with Gasteiger partial charge in [0.1, 0.15) is 13.2 Å². The van der Waals surface area contributed by atoms with E-state index in [1.165, 1.54) is 212 Å². The van der Waals surface area contributed by atoms with Crippen LogP contribution in [0, 0.1) is 0 Å². The maximum absolute atomic E-state index is 12.9. The monoisotopic (exact) mass is 1060 g/mol. The van der Waals surface area contributed by atoms with Crippen molar-refractivity contribution in [3.8, 4) is 0 Å². The minimum Gasteiger partial charge on any atom is -0.462 e. The molecule has 1 atom stereocenters. The minimum absolute atomic E-state index is 0.0794. The topological polar surface area (TPSA) is 78.9 Å². The van der Waals surface area contributed by atoms with Crippen molar-refractivity contribution < 1.29 is 28.6 Å². The third-order valence-corrected chi connectivity index (χ3v) is 14.7. The fraction of sp³-hybridized carbons (Fsp3) is 0.814. The first-order valence-electron chi connectivity index (χ1n) is 33.3. The molecular formula is C70H126O6. The zero-order valence-electron chi connectivity index (χ0n) is 50.8. The summed E-state index contributed by atoms with van der Waals surface area (Å²) in [6.07, 6.45) is 82.4. The van der Waals surface area contributed by atoms with Gasteiger partial charge >= 0.3 is 17.9 Å². The van der Waals surface area contributed by atoms with Crippen LogP contribution in [0.1, 0.15) is 348 Å². The van der Waals surface area contributed by atoms with Gasteiger partial charge in [0.05, 0.1) is 0 Å². The van der Waals surface area contributed by atoms with E-state index in [-0.39, 0.29) is 31.1 Å². The molecule has 0 amide bonds. The summed E-state index contributed by atoms with van der Waals surface area (Å²) in [5, 5.41) is 0. The summed E-state index contributed by atoms with van der Waals surface area (Å²) in [5.41, 5.74) is 0. The molecule has 0 aliphatic rings. The van der Waals surface area contributed by atoms with Crippen LogP contribution in [0.3, 0.4) is 0 Å². The number of carbonyl (C=O) groups excluding carboxylic acids is 3. The van der Waals surface area contributed by atoms with E-state index in [1.807, 2.05) is 0 Å². The summed E-state index contributed by atoms with van der Waals surface area (Å²) in [6.45, 7) is 6.56. The molecule has 76 heavy (non-hydrogen) atoms. The fourth-order valence-corrected chi connectivity index (χ4v) is 9.74. The molecule has 0 saturated carbocycles. The predicted octanol–water partition coefficient (Wildman–Crippen LogP) is 22.7. The predicted molar refractivity (Wildman–Crippen MR) is 330 cm³/mol. The first kappa shape index (κ1) is 73.1. The van der Waals surface area contributed by atoms with Crippen LogP contribution in [-0.2, 0) is 28.6 Å². The Morgan fingerprint density at radius 3 is 0.816 bits per heavy atom. The lowest BCUT2D eigenvalue weighted by Crippen LogP contribution is -2.30. The Bertz CT molecular complexity index is 1360. The Labute approximate surface area is 472 Å². The van der Waals surface area contributed by atoms with Crippen LogP contribution in [0.4, 0.5) is 0 Å². The number of esters is 3. The van der Waals surface area contributed by atoms with Gasteiger partial charge in [0.25, 0.3) is 0 Å². The lowest BCUT2D eigenvalue weighted by atomic mass is 10.0. The Morgan fingerprint density at radius 2 is 0.513 bits per heavy atom. The number of hydrogen-bond acceptors (Lipinski definition) is 6. The first-order valence-corrected chi connectivity index (χ1v) is 33.3. The molecule has 0 spiro atoms. The van der Waals surface area contributed by atoms with Crippen molar-refractivity contribution in [3.05, 3.63) is 60.8 Å². The lowest BCUT2D eigenvalue weighted by Gasteiger charge is -2.18. The summed E-state index contributed by atoms with van der Waals surface area (Å²) in [5.74, 6) is -0.883. The van der Waals surface area contributed by atoms with E-state index in [0.29, 0.717) is 19.3 Å². The van der Waals surface area contributed by atoms with Crippen molar-refractivity contribution in [3.63, 3.8) is 0 Å². The van der Waals surface area contributed by atoms with Gasteiger partial charge in [-0.05, 0) is 103 Å². The van der Waals surface area contributed by atoms with Crippen LogP contribution in [0.5, 0.6) is 0 Å². The number of carbonyl (C=O) groups is 3. The summed E-state index contributed by atoms with van der Waals surface area (Å²) in [7, 11) is 0. The number of allylic oxidation sites excluding steroid dienone is 10. The molecule has 0 rings (SSSR count). The van der Waals surface area contributed by atoms with Crippen molar-refractivity contribution in [1.82, 2.24) is 0 Å². The van der Waals surface area contributed by atoms with E-state index in [2.05, 4.69) is 81.5 Å². The zero-order valence-corrected chi connectivity index (χ0v) is 50.8. The molecule has 0 aromatic carbocycles. The van der Waals surface area contributed by atoms with E-state index >= 15 is 0 Å². The second-order valence-electron chi connectivity index (χ2n) is 22.3. The Kier molecular flexibility index (Phi) is 62.2. The second-order valence-corrected chi connectivity index (χ2v) is 22.3. The zero-order chi connectivity index (χ0) is 55.0. The molecule has 0 aliphatic heterocycles. The van der Waals surface area contributed by atoms with Gasteiger partial charge in [-0.25, -0.2) is 0 Å². The molecule has 0 heterocycles. The van der Waals surface area contributed by atoms with E-state index in [4.69, 9.17) is 14.2 Å². The van der Waals surface area contributed by atoms with Crippen LogP contribution < -0.4 is 0 Å². The van der Waals surface area contributed by atoms with Crippen molar-refractivity contribution in [2.45, 2.75) is 354 Å². The molecule has 0 saturated heterocycles. The molecule has 0 bridgehead atoms. The Hall–Kier alpha value is -2.89. The van der Waals surface area contributed by atoms with Crippen molar-refractivity contribution >= 4 is 17.9 Å². The number of hydrogen-bond donors (Lipinski definition) is 0. The lowest BCUT2D eigenvalue weighted by molar-refractivity contribution is -0.167. The Morgan fingerprint density at radius 1 is 0.276 bits per heavy atom. The van der Waals surface area contributed by atoms with Crippen LogP contribution >= 0.6 is 0 Å². The van der Waals surface area contributed by atoms with E-state index < -0.39 is 6.10 Å². The van der Waals surface area contributed by atoms with Gasteiger partial charge in [-0.2, -0.15) is 0 Å². The molecule has 1 unspecified atom stereocenters. The van der Waals surface area contributed by atoms with Gasteiger partial charge in [-0.1, -0.05) is 287 Å². The third kappa shape index (κ3) is 62.0. The fourth-order valence-electron chi connectivity index (χ4n) is 9.74. The quantitative estimate of drug-likeness (QED) is 0.0261. The maximum Gasteiger partial charge on any atom is 0.306 e. The Balaban J connectivity index is 4.30. The van der Waals surface area contributed by atoms with Crippen LogP contribution in [0.2, 0.25) is 0 Å². The van der Waals surface area contributed by atoms with Crippen LogP contribution in [-0.4, -0.2) is 37.2 Å². The molecule has 0 aliphatic carbocycles. The average Bonchev–Trinajstić information content (AvgIpc) is 3.42. The molecule has 0 radical (unpaired) electrons. The van der Waals surface area contributed by atoms with Crippen molar-refractivity contribution in [2.24, 2.45) is 0 Å². The molecular weight excluding hydrogens is 937 g/mol. The number of unbranched alkanes of at least 4 members (excludes halogenated alkanes) is 40. The van der Waals surface area contributed by atoms with Gasteiger partial charge in [0.15, 0.2) is 6.10 Å². The van der Waals surface area contributed by atoms with Gasteiger partial charge in [-0.15, -0.1) is 0 Å². The second kappa shape index (κ2) is 64.6.